The highest BCUT2D eigenvalue weighted by Crippen LogP contribution is 2.40. The zero-order chi connectivity index (χ0) is 22.6. The lowest BCUT2D eigenvalue weighted by Crippen LogP contribution is -2.30. The summed E-state index contributed by atoms with van der Waals surface area (Å²) in [4.78, 5) is 35.2. The highest BCUT2D eigenvalue weighted by Gasteiger charge is 2.41. The summed E-state index contributed by atoms with van der Waals surface area (Å²) in [7, 11) is 1.46. The zero-order valence-electron chi connectivity index (χ0n) is 17.4. The van der Waals surface area contributed by atoms with E-state index >= 15 is 4.39 Å². The van der Waals surface area contributed by atoms with Gasteiger partial charge in [-0.15, -0.1) is 0 Å². The third-order valence-corrected chi connectivity index (χ3v) is 6.21. The van der Waals surface area contributed by atoms with E-state index in [-0.39, 0.29) is 29.2 Å². The van der Waals surface area contributed by atoms with Crippen molar-refractivity contribution in [3.05, 3.63) is 33.9 Å². The smallest absolute Gasteiger partial charge is 0.341 e. The van der Waals surface area contributed by atoms with Gasteiger partial charge >= 0.3 is 5.97 Å². The maximum Gasteiger partial charge on any atom is 0.341 e. The van der Waals surface area contributed by atoms with Crippen LogP contribution < -0.4 is 15.6 Å². The lowest BCUT2D eigenvalue weighted by molar-refractivity contribution is 0.0694. The summed E-state index contributed by atoms with van der Waals surface area (Å²) in [6.45, 7) is 1.42. The van der Waals surface area contributed by atoms with Gasteiger partial charge in [-0.1, -0.05) is 5.16 Å². The van der Waals surface area contributed by atoms with Crippen LogP contribution >= 0.6 is 0 Å². The van der Waals surface area contributed by atoms with Crippen LogP contribution in [0, 0.1) is 11.7 Å². The largest absolute Gasteiger partial charge is 0.477 e. The Kier molecular flexibility index (Phi) is 5.07. The fourth-order valence-corrected chi connectivity index (χ4v) is 4.23. The van der Waals surface area contributed by atoms with E-state index in [1.54, 1.807) is 4.90 Å². The van der Waals surface area contributed by atoms with E-state index in [0.29, 0.717) is 25.7 Å². The Labute approximate surface area is 181 Å². The molecule has 9 nitrogen and oxygen atoms in total. The van der Waals surface area contributed by atoms with E-state index in [0.717, 1.165) is 30.8 Å². The molecule has 1 aliphatic heterocycles. The molecular weight excluding hydrogens is 424 g/mol. The van der Waals surface area contributed by atoms with E-state index in [9.17, 15) is 19.1 Å². The molecule has 11 heteroatoms. The van der Waals surface area contributed by atoms with Crippen LogP contribution in [0.15, 0.2) is 22.2 Å². The molecule has 0 aromatic carbocycles. The molecule has 2 aromatic heterocycles. The summed E-state index contributed by atoms with van der Waals surface area (Å²) < 4.78 is 30.3. The van der Waals surface area contributed by atoms with Crippen molar-refractivity contribution in [1.82, 2.24) is 14.9 Å². The maximum absolute atomic E-state index is 15.1. The summed E-state index contributed by atoms with van der Waals surface area (Å²) >= 11 is 0. The summed E-state index contributed by atoms with van der Waals surface area (Å²) in [5, 5.41) is 16.7. The SMILES string of the molecule is CO/N=C1/CN(c2nc3c(cc2F)c(=O)c(C(=O)O)cn3[C@@H]2C[C@@H]2F)CC1CNC1CC1. The van der Waals surface area contributed by atoms with E-state index in [4.69, 9.17) is 4.84 Å². The standard InChI is InChI=1S/C21H23F2N5O4/c1-32-26-16-9-27(7-10(16)6-24-11-2-3-11)20-15(23)4-12-18(29)13(21(30)31)8-28(19(12)25-20)17-5-14(17)22/h4,8,10-11,14,17,24H,2-3,5-7,9H2,1H3,(H,30,31)/b26-16-/t10?,14-,17+/m0/s1. The Morgan fingerprint density at radius 2 is 2.19 bits per heavy atom. The predicted octanol–water partition coefficient (Wildman–Crippen LogP) is 1.71. The van der Waals surface area contributed by atoms with Crippen molar-refractivity contribution < 1.29 is 23.5 Å². The Hall–Kier alpha value is -3.08. The first kappa shape index (κ1) is 20.8. The molecule has 1 unspecified atom stereocenters. The second-order valence-electron chi connectivity index (χ2n) is 8.59. The summed E-state index contributed by atoms with van der Waals surface area (Å²) in [6.07, 6.45) is 2.41. The highest BCUT2D eigenvalue weighted by atomic mass is 19.1. The highest BCUT2D eigenvalue weighted by molar-refractivity contribution is 5.95. The van der Waals surface area contributed by atoms with Crippen LogP contribution in [0.25, 0.3) is 11.0 Å². The number of nitrogens with zero attached hydrogens (tertiary/aromatic N) is 4. The average Bonchev–Trinajstić information content (AvgIpc) is 3.67. The molecule has 2 aromatic rings. The molecule has 0 radical (unpaired) electrons. The van der Waals surface area contributed by atoms with Gasteiger partial charge in [0.05, 0.1) is 23.7 Å². The monoisotopic (exact) mass is 447 g/mol. The molecule has 32 heavy (non-hydrogen) atoms. The van der Waals surface area contributed by atoms with E-state index in [2.05, 4.69) is 15.5 Å². The number of anilines is 1. The molecule has 2 N–H and O–H groups in total. The van der Waals surface area contributed by atoms with Crippen LogP contribution in [0.4, 0.5) is 14.6 Å². The first-order chi connectivity index (χ1) is 15.4. The molecule has 0 bridgehead atoms. The molecule has 2 aliphatic carbocycles. The number of carboxylic acid groups (broad SMARTS) is 1. The topological polar surface area (TPSA) is 109 Å². The number of pyridine rings is 2. The quantitative estimate of drug-likeness (QED) is 0.622. The summed E-state index contributed by atoms with van der Waals surface area (Å²) in [6, 6.07) is 0.886. The second kappa shape index (κ2) is 7.80. The lowest BCUT2D eigenvalue weighted by Gasteiger charge is -2.19. The van der Waals surface area contributed by atoms with Gasteiger partial charge in [0.2, 0.25) is 5.43 Å². The van der Waals surface area contributed by atoms with Crippen LogP contribution in [0.3, 0.4) is 0 Å². The van der Waals surface area contributed by atoms with Gasteiger partial charge in [-0.25, -0.2) is 18.6 Å². The Morgan fingerprint density at radius 3 is 2.81 bits per heavy atom. The molecule has 3 fully saturated rings. The Morgan fingerprint density at radius 1 is 1.44 bits per heavy atom. The molecule has 0 amide bonds. The first-order valence-electron chi connectivity index (χ1n) is 10.6. The van der Waals surface area contributed by atoms with E-state index < -0.39 is 35.0 Å². The van der Waals surface area contributed by atoms with E-state index in [1.165, 1.54) is 11.7 Å². The molecule has 3 aliphatic rings. The number of aromatic carboxylic acids is 1. The summed E-state index contributed by atoms with van der Waals surface area (Å²) in [5.41, 5.74) is -0.544. The molecular formula is C21H23F2N5O4. The number of rotatable bonds is 7. The normalized spacial score (nSPS) is 26.2. The fraction of sp³-hybridized carbons (Fsp3) is 0.524. The lowest BCUT2D eigenvalue weighted by atomic mass is 10.1. The fourth-order valence-electron chi connectivity index (χ4n) is 4.23. The van der Waals surface area contributed by atoms with Gasteiger partial charge in [-0.2, -0.15) is 0 Å². The van der Waals surface area contributed by atoms with Gasteiger partial charge in [0, 0.05) is 37.7 Å². The van der Waals surface area contributed by atoms with Crippen molar-refractivity contribution >= 4 is 28.5 Å². The van der Waals surface area contributed by atoms with Gasteiger partial charge in [0.15, 0.2) is 11.6 Å². The van der Waals surface area contributed by atoms with E-state index in [1.807, 2.05) is 0 Å². The van der Waals surface area contributed by atoms with Crippen molar-refractivity contribution in [2.75, 3.05) is 31.6 Å². The molecule has 3 heterocycles. The number of hydrogen-bond donors (Lipinski definition) is 2. The van der Waals surface area contributed by atoms with Crippen LogP contribution in [0.1, 0.15) is 35.7 Å². The predicted molar refractivity (Wildman–Crippen MR) is 113 cm³/mol. The Balaban J connectivity index is 1.55. The number of alkyl halides is 1. The zero-order valence-corrected chi connectivity index (χ0v) is 17.4. The first-order valence-corrected chi connectivity index (χ1v) is 10.6. The third-order valence-electron chi connectivity index (χ3n) is 6.21. The van der Waals surface area contributed by atoms with Crippen LogP contribution in [-0.2, 0) is 4.84 Å². The van der Waals surface area contributed by atoms with Crippen molar-refractivity contribution in [2.45, 2.75) is 37.5 Å². The van der Waals surface area contributed by atoms with Gasteiger partial charge < -0.3 is 24.7 Å². The summed E-state index contributed by atoms with van der Waals surface area (Å²) in [5.74, 6) is -2.17. The molecule has 3 atom stereocenters. The number of halogens is 2. The van der Waals surface area contributed by atoms with Crippen molar-refractivity contribution in [2.24, 2.45) is 11.1 Å². The number of hydrogen-bond acceptors (Lipinski definition) is 7. The maximum atomic E-state index is 15.1. The van der Waals surface area contributed by atoms with Gasteiger partial charge in [-0.3, -0.25) is 4.79 Å². The molecule has 170 valence electrons. The molecule has 0 spiro atoms. The number of oxime groups is 1. The van der Waals surface area contributed by atoms with Crippen LogP contribution in [-0.4, -0.2) is 65.3 Å². The van der Waals surface area contributed by atoms with Gasteiger partial charge in [-0.05, 0) is 18.9 Å². The third kappa shape index (κ3) is 3.70. The number of nitrogens with one attached hydrogen (secondary N) is 1. The minimum atomic E-state index is -1.45. The van der Waals surface area contributed by atoms with Crippen LogP contribution in [0.2, 0.25) is 0 Å². The molecule has 5 rings (SSSR count). The average molecular weight is 447 g/mol. The number of fused-ring (bicyclic) bond motifs is 1. The van der Waals surface area contributed by atoms with Crippen molar-refractivity contribution in [3.8, 4) is 0 Å². The van der Waals surface area contributed by atoms with Crippen LogP contribution in [0.5, 0.6) is 0 Å². The Bertz CT molecular complexity index is 1180. The molecule has 2 saturated carbocycles. The minimum absolute atomic E-state index is 0.00248. The second-order valence-corrected chi connectivity index (χ2v) is 8.59. The molecule has 1 saturated heterocycles. The number of aromatic nitrogens is 2. The van der Waals surface area contributed by atoms with Crippen molar-refractivity contribution in [3.63, 3.8) is 0 Å². The van der Waals surface area contributed by atoms with Crippen molar-refractivity contribution in [1.29, 1.82) is 0 Å². The van der Waals surface area contributed by atoms with Gasteiger partial charge in [0.1, 0.15) is 24.5 Å². The number of carbonyl (C=O) groups is 1. The van der Waals surface area contributed by atoms with Gasteiger partial charge in [0.25, 0.3) is 0 Å². The minimum Gasteiger partial charge on any atom is -0.477 e. The number of carboxylic acids is 1.